The van der Waals surface area contributed by atoms with Crippen LogP contribution in [-0.4, -0.2) is 12.1 Å². The van der Waals surface area contributed by atoms with Gasteiger partial charge in [0.25, 0.3) is 0 Å². The van der Waals surface area contributed by atoms with Gasteiger partial charge >= 0.3 is 18.9 Å². The van der Waals surface area contributed by atoms with Crippen molar-refractivity contribution < 1.29 is 28.4 Å². The molecule has 0 aliphatic carbocycles. The van der Waals surface area contributed by atoms with Crippen LogP contribution in [0.4, 0.5) is 0 Å². The van der Waals surface area contributed by atoms with E-state index < -0.39 is 0 Å². The van der Waals surface area contributed by atoms with Crippen molar-refractivity contribution in [2.75, 3.05) is 6.61 Å². The summed E-state index contributed by atoms with van der Waals surface area (Å²) in [7, 11) is 0.623. The van der Waals surface area contributed by atoms with E-state index in [1.165, 1.54) is 0 Å². The second-order valence-electron chi connectivity index (χ2n) is 4.69. The Morgan fingerprint density at radius 1 is 1.18 bits per heavy atom. The summed E-state index contributed by atoms with van der Waals surface area (Å²) in [6.45, 7) is 4.67. The molecule has 0 aromatic heterocycles. The molecule has 0 N–H and O–H groups in total. The fourth-order valence-electron chi connectivity index (χ4n) is 1.91. The molecule has 2 rings (SSSR count). The number of benzene rings is 2. The summed E-state index contributed by atoms with van der Waals surface area (Å²) in [4.78, 5) is 12.4. The number of aryl methyl sites for hydroxylation is 1. The van der Waals surface area contributed by atoms with Crippen molar-refractivity contribution in [3.63, 3.8) is 0 Å². The smallest absolute Gasteiger partial charge is 0.494 e. The zero-order chi connectivity index (χ0) is 15.2. The molecule has 110 valence electrons. The van der Waals surface area contributed by atoms with Crippen LogP contribution in [0.15, 0.2) is 42.5 Å². The van der Waals surface area contributed by atoms with Gasteiger partial charge in [-0.2, -0.15) is 5.30 Å². The quantitative estimate of drug-likeness (QED) is 0.598. The van der Waals surface area contributed by atoms with Gasteiger partial charge in [0.15, 0.2) is 0 Å². The van der Waals surface area contributed by atoms with Gasteiger partial charge in [-0.25, -0.2) is 0 Å². The van der Waals surface area contributed by atoms with Crippen molar-refractivity contribution in [3.05, 3.63) is 58.6 Å². The van der Waals surface area contributed by atoms with Gasteiger partial charge < -0.3 is 18.1 Å². The third kappa shape index (κ3) is 5.15. The van der Waals surface area contributed by atoms with Crippen LogP contribution in [0.5, 0.6) is 5.75 Å². The Hall–Kier alpha value is -0.773. The van der Waals surface area contributed by atoms with E-state index in [0.29, 0.717) is 25.8 Å². The van der Waals surface area contributed by atoms with Gasteiger partial charge in [0.05, 0.1) is 6.61 Å². The molecule has 0 aliphatic rings. The SMILES string of the molecule is CCCOc1ccc([P-]C(=O)c2c(C)cccc2Cl)cc1.[Li+]. The van der Waals surface area contributed by atoms with E-state index in [1.807, 2.05) is 43.3 Å². The van der Waals surface area contributed by atoms with E-state index in [9.17, 15) is 4.79 Å². The van der Waals surface area contributed by atoms with Gasteiger partial charge in [-0.3, -0.25) is 0 Å². The monoisotopic (exact) mass is 326 g/mol. The molecule has 0 amide bonds. The molecular weight excluding hydrogens is 310 g/mol. The second-order valence-corrected chi connectivity index (χ2v) is 6.24. The van der Waals surface area contributed by atoms with E-state index in [0.717, 1.165) is 23.0 Å². The molecule has 0 saturated carbocycles. The summed E-state index contributed by atoms with van der Waals surface area (Å²) in [6.07, 6.45) is 0.976. The van der Waals surface area contributed by atoms with Crippen LogP contribution in [0.1, 0.15) is 29.3 Å². The standard InChI is InChI=1S/C17H17ClO2P.Li/c1-3-11-20-13-7-9-14(10-8-13)21-17(19)16-12(2)5-4-6-15(16)18;/h4-10H,3,11H2,1-2H3;/q-1;+1. The average molecular weight is 327 g/mol. The van der Waals surface area contributed by atoms with E-state index in [-0.39, 0.29) is 24.4 Å². The van der Waals surface area contributed by atoms with Crippen molar-refractivity contribution in [2.45, 2.75) is 20.3 Å². The molecule has 2 aromatic carbocycles. The molecule has 0 bridgehead atoms. The van der Waals surface area contributed by atoms with Crippen LogP contribution < -0.4 is 28.9 Å². The first-order valence-electron chi connectivity index (χ1n) is 6.86. The molecule has 0 fully saturated rings. The normalized spacial score (nSPS) is 10.5. The Morgan fingerprint density at radius 3 is 2.45 bits per heavy atom. The third-order valence-electron chi connectivity index (χ3n) is 2.98. The summed E-state index contributed by atoms with van der Waals surface area (Å²) in [5, 5.41) is 1.44. The maximum Gasteiger partial charge on any atom is 1.00 e. The number of ether oxygens (including phenoxy) is 1. The topological polar surface area (TPSA) is 26.3 Å². The van der Waals surface area contributed by atoms with Gasteiger partial charge in [0.1, 0.15) is 5.75 Å². The van der Waals surface area contributed by atoms with Crippen molar-refractivity contribution in [3.8, 4) is 5.75 Å². The minimum absolute atomic E-state index is 0. The second kappa shape index (κ2) is 9.39. The van der Waals surface area contributed by atoms with Crippen LogP contribution >= 0.6 is 20.2 Å². The summed E-state index contributed by atoms with van der Waals surface area (Å²) >= 11 is 6.13. The Morgan fingerprint density at radius 2 is 1.86 bits per heavy atom. The zero-order valence-electron chi connectivity index (χ0n) is 13.1. The van der Waals surface area contributed by atoms with Crippen LogP contribution in [0.2, 0.25) is 5.02 Å². The third-order valence-corrected chi connectivity index (χ3v) is 4.27. The molecule has 0 unspecified atom stereocenters. The maximum absolute atomic E-state index is 12.4. The predicted octanol–water partition coefficient (Wildman–Crippen LogP) is 1.85. The summed E-state index contributed by atoms with van der Waals surface area (Å²) in [6, 6.07) is 13.1. The molecule has 0 radical (unpaired) electrons. The average Bonchev–Trinajstić information content (AvgIpc) is 2.46. The van der Waals surface area contributed by atoms with E-state index in [4.69, 9.17) is 16.3 Å². The Bertz CT molecular complexity index is 609. The van der Waals surface area contributed by atoms with Crippen molar-refractivity contribution >= 4 is 31.0 Å². The van der Waals surface area contributed by atoms with Crippen LogP contribution in [0, 0.1) is 6.92 Å². The largest absolute Gasteiger partial charge is 1.00 e. The summed E-state index contributed by atoms with van der Waals surface area (Å²) in [5.74, 6) is 0.831. The Kier molecular flexibility index (Phi) is 8.22. The predicted molar refractivity (Wildman–Crippen MR) is 89.3 cm³/mol. The van der Waals surface area contributed by atoms with Crippen molar-refractivity contribution in [1.82, 2.24) is 0 Å². The molecule has 0 aliphatic heterocycles. The van der Waals surface area contributed by atoms with Gasteiger partial charge in [-0.1, -0.05) is 42.8 Å². The molecule has 0 atom stereocenters. The number of carbonyl (C=O) groups excluding carboxylic acids is 1. The Balaban J connectivity index is 0.00000242. The van der Waals surface area contributed by atoms with Crippen LogP contribution in [0.25, 0.3) is 0 Å². The van der Waals surface area contributed by atoms with Crippen molar-refractivity contribution in [1.29, 1.82) is 0 Å². The van der Waals surface area contributed by atoms with E-state index >= 15 is 0 Å². The first-order chi connectivity index (χ1) is 10.1. The number of halogens is 1. The number of carbonyl (C=O) groups is 1. The van der Waals surface area contributed by atoms with Crippen LogP contribution in [0.3, 0.4) is 0 Å². The minimum atomic E-state index is 0. The number of rotatable bonds is 6. The minimum Gasteiger partial charge on any atom is -0.494 e. The van der Waals surface area contributed by atoms with Gasteiger partial charge in [0.2, 0.25) is 0 Å². The van der Waals surface area contributed by atoms with Gasteiger partial charge in [-0.15, -0.1) is 0 Å². The molecule has 0 saturated heterocycles. The van der Waals surface area contributed by atoms with E-state index in [2.05, 4.69) is 6.92 Å². The molecule has 2 nitrogen and oxygen atoms in total. The number of hydrogen-bond donors (Lipinski definition) is 0. The number of hydrogen-bond acceptors (Lipinski definition) is 2. The molecule has 2 aromatic rings. The molecule has 0 spiro atoms. The Labute approximate surface area is 150 Å². The summed E-state index contributed by atoms with van der Waals surface area (Å²) < 4.78 is 5.53. The first-order valence-corrected chi connectivity index (χ1v) is 8.13. The van der Waals surface area contributed by atoms with Gasteiger partial charge in [-0.05, 0) is 37.1 Å². The van der Waals surface area contributed by atoms with Crippen LogP contribution in [-0.2, 0) is 0 Å². The fraction of sp³-hybridized carbons (Fsp3) is 0.235. The molecular formula is C17H17ClLiO2P. The first kappa shape index (κ1) is 19.3. The molecule has 22 heavy (non-hydrogen) atoms. The summed E-state index contributed by atoms with van der Waals surface area (Å²) in [5.41, 5.74) is 1.52. The molecule has 0 heterocycles. The zero-order valence-corrected chi connectivity index (χ0v) is 14.7. The van der Waals surface area contributed by atoms with Crippen molar-refractivity contribution in [2.24, 2.45) is 0 Å². The van der Waals surface area contributed by atoms with Gasteiger partial charge in [0, 0.05) is 16.1 Å². The maximum atomic E-state index is 12.4. The fourth-order valence-corrected chi connectivity index (χ4v) is 3.23. The molecule has 5 heteroatoms. The van der Waals surface area contributed by atoms with E-state index in [1.54, 1.807) is 6.07 Å².